The largest absolute Gasteiger partial charge is 0.423 e. The molecule has 0 aromatic heterocycles. The van der Waals surface area contributed by atoms with E-state index in [1.54, 1.807) is 26.0 Å². The van der Waals surface area contributed by atoms with Crippen molar-refractivity contribution in [2.24, 2.45) is 0 Å². The summed E-state index contributed by atoms with van der Waals surface area (Å²) in [5, 5.41) is 0. The monoisotopic (exact) mass is 378 g/mol. The molecule has 0 spiro atoms. The molecule has 0 bridgehead atoms. The summed E-state index contributed by atoms with van der Waals surface area (Å²) in [6.07, 6.45) is 1.57. The fourth-order valence-corrected chi connectivity index (χ4v) is 2.80. The van der Waals surface area contributed by atoms with Crippen molar-refractivity contribution in [1.29, 1.82) is 0 Å². The lowest BCUT2D eigenvalue weighted by Gasteiger charge is -2.16. The minimum absolute atomic E-state index is 0.352. The van der Waals surface area contributed by atoms with Crippen LogP contribution in [0.1, 0.15) is 38.8 Å². The van der Waals surface area contributed by atoms with Crippen LogP contribution in [0.2, 0.25) is 0 Å². The number of benzene rings is 2. The zero-order chi connectivity index (χ0) is 20.8. The first kappa shape index (κ1) is 21.2. The maximum absolute atomic E-state index is 11.9. The zero-order valence-electron chi connectivity index (χ0n) is 16.9. The predicted molar refractivity (Wildman–Crippen MR) is 112 cm³/mol. The minimum atomic E-state index is -0.445. The normalized spacial score (nSPS) is 10.3. The van der Waals surface area contributed by atoms with Crippen molar-refractivity contribution in [3.63, 3.8) is 0 Å². The van der Waals surface area contributed by atoms with Gasteiger partial charge in [0.1, 0.15) is 11.5 Å². The topological polar surface area (TPSA) is 52.6 Å². The molecule has 146 valence electrons. The van der Waals surface area contributed by atoms with Crippen LogP contribution >= 0.6 is 0 Å². The molecule has 2 rings (SSSR count). The van der Waals surface area contributed by atoms with Gasteiger partial charge in [-0.3, -0.25) is 0 Å². The highest BCUT2D eigenvalue weighted by Crippen LogP contribution is 2.34. The third-order valence-corrected chi connectivity index (χ3v) is 4.30. The quantitative estimate of drug-likeness (QED) is 0.366. The second kappa shape index (κ2) is 9.18. The maximum Gasteiger partial charge on any atom is 0.338 e. The average Bonchev–Trinajstić information content (AvgIpc) is 2.67. The van der Waals surface area contributed by atoms with Crippen LogP contribution in [0.4, 0.5) is 0 Å². The standard InChI is InChI=1S/C24H26O4/c1-7-17-13-21(28-24(26)16(5)6)14-18(8-2)22(17)19-9-11-20(12-10-19)27-23(25)15(3)4/h9-14H,3,5,7-8H2,1-2,4,6H3. The van der Waals surface area contributed by atoms with Crippen molar-refractivity contribution in [2.75, 3.05) is 0 Å². The van der Waals surface area contributed by atoms with E-state index in [4.69, 9.17) is 9.47 Å². The van der Waals surface area contributed by atoms with Crippen LogP contribution in [0, 0.1) is 0 Å². The molecule has 0 atom stereocenters. The van der Waals surface area contributed by atoms with Crippen LogP contribution in [0.3, 0.4) is 0 Å². The van der Waals surface area contributed by atoms with Gasteiger partial charge in [-0.05, 0) is 73.2 Å². The number of aryl methyl sites for hydroxylation is 2. The van der Waals surface area contributed by atoms with Crippen molar-refractivity contribution in [3.05, 3.63) is 71.8 Å². The summed E-state index contributed by atoms with van der Waals surface area (Å²) in [6.45, 7) is 14.6. The van der Waals surface area contributed by atoms with E-state index < -0.39 is 11.9 Å². The molecule has 0 aliphatic rings. The van der Waals surface area contributed by atoms with Crippen LogP contribution in [-0.4, -0.2) is 11.9 Å². The van der Waals surface area contributed by atoms with E-state index in [1.165, 1.54) is 0 Å². The van der Waals surface area contributed by atoms with Crippen LogP contribution < -0.4 is 9.47 Å². The molecule has 0 amide bonds. The maximum atomic E-state index is 11.9. The van der Waals surface area contributed by atoms with Gasteiger partial charge in [0.2, 0.25) is 0 Å². The first-order chi connectivity index (χ1) is 13.3. The van der Waals surface area contributed by atoms with Crippen LogP contribution in [0.15, 0.2) is 60.7 Å². The van der Waals surface area contributed by atoms with E-state index in [1.807, 2.05) is 24.3 Å². The number of rotatable bonds is 7. The SMILES string of the molecule is C=C(C)C(=O)Oc1ccc(-c2c(CC)cc(OC(=O)C(=C)C)cc2CC)cc1. The van der Waals surface area contributed by atoms with Gasteiger partial charge in [-0.2, -0.15) is 0 Å². The van der Waals surface area contributed by atoms with Crippen molar-refractivity contribution in [1.82, 2.24) is 0 Å². The molecule has 0 unspecified atom stereocenters. The summed E-state index contributed by atoms with van der Waals surface area (Å²) in [7, 11) is 0. The van der Waals surface area contributed by atoms with Crippen molar-refractivity contribution in [3.8, 4) is 22.6 Å². The Hall–Kier alpha value is -3.14. The summed E-state index contributed by atoms with van der Waals surface area (Å²) in [5.74, 6) is 0.123. The van der Waals surface area contributed by atoms with Crippen LogP contribution in [0.5, 0.6) is 11.5 Å². The molecule has 4 heteroatoms. The Bertz CT molecular complexity index is 895. The third kappa shape index (κ3) is 4.97. The summed E-state index contributed by atoms with van der Waals surface area (Å²) in [4.78, 5) is 23.5. The van der Waals surface area contributed by atoms with Gasteiger partial charge in [0.05, 0.1) is 0 Å². The van der Waals surface area contributed by atoms with Gasteiger partial charge in [-0.15, -0.1) is 0 Å². The average molecular weight is 378 g/mol. The first-order valence-electron chi connectivity index (χ1n) is 9.28. The van der Waals surface area contributed by atoms with Gasteiger partial charge < -0.3 is 9.47 Å². The predicted octanol–water partition coefficient (Wildman–Crippen LogP) is 5.44. The van der Waals surface area contributed by atoms with Crippen LogP contribution in [0.25, 0.3) is 11.1 Å². The summed E-state index contributed by atoms with van der Waals surface area (Å²) < 4.78 is 10.7. The van der Waals surface area contributed by atoms with Crippen molar-refractivity contribution >= 4 is 11.9 Å². The van der Waals surface area contributed by atoms with Gasteiger partial charge >= 0.3 is 11.9 Å². The van der Waals surface area contributed by atoms with Gasteiger partial charge in [-0.25, -0.2) is 9.59 Å². The van der Waals surface area contributed by atoms with E-state index >= 15 is 0 Å². The molecule has 0 heterocycles. The third-order valence-electron chi connectivity index (χ3n) is 4.30. The number of esters is 2. The Kier molecular flexibility index (Phi) is 6.94. The molecular formula is C24H26O4. The molecular weight excluding hydrogens is 352 g/mol. The second-order valence-corrected chi connectivity index (χ2v) is 6.69. The highest BCUT2D eigenvalue weighted by molar-refractivity contribution is 5.89. The lowest BCUT2D eigenvalue weighted by molar-refractivity contribution is -0.130. The Labute approximate surface area is 166 Å². The molecule has 2 aromatic rings. The Balaban J connectivity index is 2.41. The lowest BCUT2D eigenvalue weighted by Crippen LogP contribution is -2.09. The molecule has 28 heavy (non-hydrogen) atoms. The fourth-order valence-electron chi connectivity index (χ4n) is 2.80. The van der Waals surface area contributed by atoms with E-state index in [-0.39, 0.29) is 0 Å². The summed E-state index contributed by atoms with van der Waals surface area (Å²) in [5.41, 5.74) is 5.00. The summed E-state index contributed by atoms with van der Waals surface area (Å²) >= 11 is 0. The molecule has 4 nitrogen and oxygen atoms in total. The van der Waals surface area contributed by atoms with E-state index in [0.29, 0.717) is 22.6 Å². The van der Waals surface area contributed by atoms with Gasteiger partial charge in [0.25, 0.3) is 0 Å². The van der Waals surface area contributed by atoms with E-state index in [9.17, 15) is 9.59 Å². The number of hydrogen-bond acceptors (Lipinski definition) is 4. The molecule has 0 fully saturated rings. The van der Waals surface area contributed by atoms with E-state index in [2.05, 4.69) is 27.0 Å². The molecule has 0 radical (unpaired) electrons. The first-order valence-corrected chi connectivity index (χ1v) is 9.28. The molecule has 0 saturated carbocycles. The lowest BCUT2D eigenvalue weighted by atomic mass is 9.91. The number of carbonyl (C=O) groups is 2. The zero-order valence-corrected chi connectivity index (χ0v) is 16.9. The van der Waals surface area contributed by atoms with Gasteiger partial charge in [-0.1, -0.05) is 39.1 Å². The van der Waals surface area contributed by atoms with Gasteiger partial charge in [0, 0.05) is 11.1 Å². The number of hydrogen-bond donors (Lipinski definition) is 0. The smallest absolute Gasteiger partial charge is 0.338 e. The number of carbonyl (C=O) groups excluding carboxylic acids is 2. The van der Waals surface area contributed by atoms with E-state index in [0.717, 1.165) is 35.1 Å². The number of ether oxygens (including phenoxy) is 2. The molecule has 0 saturated heterocycles. The molecule has 0 aliphatic heterocycles. The molecule has 0 N–H and O–H groups in total. The Morgan fingerprint density at radius 3 is 1.61 bits per heavy atom. The minimum Gasteiger partial charge on any atom is -0.423 e. The molecule has 0 aliphatic carbocycles. The summed E-state index contributed by atoms with van der Waals surface area (Å²) in [6, 6.07) is 11.2. The van der Waals surface area contributed by atoms with Gasteiger partial charge in [0.15, 0.2) is 0 Å². The fraction of sp³-hybridized carbons (Fsp3) is 0.250. The second-order valence-electron chi connectivity index (χ2n) is 6.69. The molecule has 2 aromatic carbocycles. The Morgan fingerprint density at radius 2 is 1.21 bits per heavy atom. The van der Waals surface area contributed by atoms with Crippen molar-refractivity contribution < 1.29 is 19.1 Å². The highest BCUT2D eigenvalue weighted by atomic mass is 16.5. The Morgan fingerprint density at radius 1 is 0.786 bits per heavy atom. The van der Waals surface area contributed by atoms with Crippen LogP contribution in [-0.2, 0) is 22.4 Å². The van der Waals surface area contributed by atoms with Crippen molar-refractivity contribution in [2.45, 2.75) is 40.5 Å². The highest BCUT2D eigenvalue weighted by Gasteiger charge is 2.15.